The van der Waals surface area contributed by atoms with Crippen molar-refractivity contribution >= 4 is 5.78 Å². The van der Waals surface area contributed by atoms with Crippen molar-refractivity contribution in [2.45, 2.75) is 32.1 Å². The van der Waals surface area contributed by atoms with E-state index < -0.39 is 0 Å². The molecule has 1 aromatic rings. The molecule has 2 bridgehead atoms. The van der Waals surface area contributed by atoms with Crippen LogP contribution in [0.1, 0.15) is 42.6 Å². The molecule has 0 aromatic carbocycles. The molecule has 0 saturated heterocycles. The minimum atomic E-state index is 0.0810. The molecule has 0 spiro atoms. The normalized spacial score (nSPS) is 29.5. The zero-order valence-corrected chi connectivity index (χ0v) is 10.6. The fourth-order valence-electron chi connectivity index (χ4n) is 3.63. The van der Waals surface area contributed by atoms with E-state index in [0.717, 1.165) is 11.8 Å². The number of Topliss-reactive ketones (excluding diaryl/α,β-unsaturated/α-hetero) is 1. The van der Waals surface area contributed by atoms with Crippen LogP contribution in [0.25, 0.3) is 0 Å². The number of rotatable bonds is 4. The molecule has 1 aromatic heterocycles. The number of aromatic nitrogens is 2. The molecule has 2 aliphatic carbocycles. The van der Waals surface area contributed by atoms with Crippen LogP contribution in [-0.4, -0.2) is 22.9 Å². The van der Waals surface area contributed by atoms with Gasteiger partial charge in [0.15, 0.2) is 11.5 Å². The van der Waals surface area contributed by atoms with Crippen molar-refractivity contribution in [3.05, 3.63) is 18.1 Å². The highest BCUT2D eigenvalue weighted by Gasteiger charge is 2.40. The molecule has 0 N–H and O–H groups in total. The van der Waals surface area contributed by atoms with Gasteiger partial charge in [0.05, 0.1) is 7.11 Å². The van der Waals surface area contributed by atoms with Gasteiger partial charge in [0.2, 0.25) is 5.88 Å². The number of carbonyl (C=O) groups excluding carboxylic acids is 1. The van der Waals surface area contributed by atoms with Crippen LogP contribution in [0, 0.1) is 17.8 Å². The number of nitrogens with zero attached hydrogens (tertiary/aromatic N) is 2. The Morgan fingerprint density at radius 1 is 1.33 bits per heavy atom. The zero-order valence-electron chi connectivity index (χ0n) is 10.6. The standard InChI is InChI=1S/C14H18N2O2/c1-18-14-13(15-4-5-16-14)12(17)8-11-7-9-2-3-10(11)6-9/h4-5,9-11H,2-3,6-8H2,1H3. The summed E-state index contributed by atoms with van der Waals surface area (Å²) in [5, 5.41) is 0. The van der Waals surface area contributed by atoms with E-state index in [-0.39, 0.29) is 5.78 Å². The van der Waals surface area contributed by atoms with Crippen LogP contribution in [0.15, 0.2) is 12.4 Å². The van der Waals surface area contributed by atoms with Crippen LogP contribution in [-0.2, 0) is 0 Å². The van der Waals surface area contributed by atoms with Crippen molar-refractivity contribution in [2.24, 2.45) is 17.8 Å². The van der Waals surface area contributed by atoms with Gasteiger partial charge in [0.25, 0.3) is 0 Å². The lowest BCUT2D eigenvalue weighted by Gasteiger charge is -2.20. The molecule has 4 nitrogen and oxygen atoms in total. The molecule has 3 rings (SSSR count). The lowest BCUT2D eigenvalue weighted by molar-refractivity contribution is 0.0935. The Hall–Kier alpha value is -1.45. The molecule has 4 heteroatoms. The molecule has 0 radical (unpaired) electrons. The lowest BCUT2D eigenvalue weighted by atomic mass is 9.85. The van der Waals surface area contributed by atoms with E-state index in [1.54, 1.807) is 12.4 Å². The van der Waals surface area contributed by atoms with Crippen molar-refractivity contribution in [1.82, 2.24) is 9.97 Å². The van der Waals surface area contributed by atoms with Crippen LogP contribution < -0.4 is 4.74 Å². The van der Waals surface area contributed by atoms with Gasteiger partial charge >= 0.3 is 0 Å². The predicted octanol–water partition coefficient (Wildman–Crippen LogP) is 2.49. The fraction of sp³-hybridized carbons (Fsp3) is 0.643. The Balaban J connectivity index is 1.71. The SMILES string of the molecule is COc1nccnc1C(=O)CC1CC2CCC1C2. The first-order chi connectivity index (χ1) is 8.78. The van der Waals surface area contributed by atoms with Crippen LogP contribution in [0.4, 0.5) is 0 Å². The Morgan fingerprint density at radius 2 is 2.17 bits per heavy atom. The second-order valence-corrected chi connectivity index (χ2v) is 5.48. The molecule has 3 unspecified atom stereocenters. The quantitative estimate of drug-likeness (QED) is 0.766. The molecule has 18 heavy (non-hydrogen) atoms. The Bertz CT molecular complexity index is 461. The smallest absolute Gasteiger partial charge is 0.243 e. The first kappa shape index (κ1) is 11.6. The van der Waals surface area contributed by atoms with E-state index in [2.05, 4.69) is 9.97 Å². The maximum absolute atomic E-state index is 12.3. The lowest BCUT2D eigenvalue weighted by Crippen LogP contribution is -2.16. The number of methoxy groups -OCH3 is 1. The van der Waals surface area contributed by atoms with E-state index in [1.165, 1.54) is 32.8 Å². The first-order valence-electron chi connectivity index (χ1n) is 6.66. The number of hydrogen-bond acceptors (Lipinski definition) is 4. The van der Waals surface area contributed by atoms with Crippen LogP contribution in [0.2, 0.25) is 0 Å². The molecule has 2 saturated carbocycles. The highest BCUT2D eigenvalue weighted by molar-refractivity contribution is 5.96. The number of hydrogen-bond donors (Lipinski definition) is 0. The number of fused-ring (bicyclic) bond motifs is 2. The number of ketones is 1. The third-order valence-electron chi connectivity index (χ3n) is 4.45. The van der Waals surface area contributed by atoms with Gasteiger partial charge in [-0.1, -0.05) is 6.42 Å². The van der Waals surface area contributed by atoms with Gasteiger partial charge in [0.1, 0.15) is 0 Å². The van der Waals surface area contributed by atoms with Crippen LogP contribution in [0.5, 0.6) is 5.88 Å². The van der Waals surface area contributed by atoms with Gasteiger partial charge in [-0.2, -0.15) is 0 Å². The Kier molecular flexibility index (Phi) is 3.02. The molecule has 3 atom stereocenters. The van der Waals surface area contributed by atoms with Gasteiger partial charge in [-0.25, -0.2) is 9.97 Å². The summed E-state index contributed by atoms with van der Waals surface area (Å²) in [6, 6.07) is 0. The van der Waals surface area contributed by atoms with E-state index in [0.29, 0.717) is 23.9 Å². The van der Waals surface area contributed by atoms with Crippen molar-refractivity contribution in [1.29, 1.82) is 0 Å². The summed E-state index contributed by atoms with van der Waals surface area (Å²) in [5.74, 6) is 2.63. The highest BCUT2D eigenvalue weighted by Crippen LogP contribution is 2.49. The van der Waals surface area contributed by atoms with Crippen LogP contribution in [0.3, 0.4) is 0 Å². The van der Waals surface area contributed by atoms with Crippen molar-refractivity contribution < 1.29 is 9.53 Å². The Labute approximate surface area is 107 Å². The van der Waals surface area contributed by atoms with Crippen LogP contribution >= 0.6 is 0 Å². The van der Waals surface area contributed by atoms with Crippen molar-refractivity contribution in [3.63, 3.8) is 0 Å². The molecule has 1 heterocycles. The summed E-state index contributed by atoms with van der Waals surface area (Å²) in [5.41, 5.74) is 0.391. The molecule has 0 aliphatic heterocycles. The molecular formula is C14H18N2O2. The largest absolute Gasteiger partial charge is 0.479 e. The van der Waals surface area contributed by atoms with E-state index in [9.17, 15) is 4.79 Å². The summed E-state index contributed by atoms with van der Waals surface area (Å²) in [4.78, 5) is 20.4. The molecule has 2 fully saturated rings. The summed E-state index contributed by atoms with van der Waals surface area (Å²) in [6.45, 7) is 0. The second kappa shape index (κ2) is 4.67. The van der Waals surface area contributed by atoms with Gasteiger partial charge in [-0.15, -0.1) is 0 Å². The third-order valence-corrected chi connectivity index (χ3v) is 4.45. The first-order valence-corrected chi connectivity index (χ1v) is 6.66. The molecule has 0 amide bonds. The van der Waals surface area contributed by atoms with Crippen molar-refractivity contribution in [3.8, 4) is 5.88 Å². The van der Waals surface area contributed by atoms with Crippen molar-refractivity contribution in [2.75, 3.05) is 7.11 Å². The number of ether oxygens (including phenoxy) is 1. The average Bonchev–Trinajstić information content (AvgIpc) is 3.01. The molecular weight excluding hydrogens is 228 g/mol. The summed E-state index contributed by atoms with van der Waals surface area (Å²) >= 11 is 0. The maximum atomic E-state index is 12.3. The minimum absolute atomic E-state index is 0.0810. The average molecular weight is 246 g/mol. The van der Waals surface area contributed by atoms with Gasteiger partial charge in [0, 0.05) is 18.8 Å². The summed E-state index contributed by atoms with van der Waals surface area (Å²) in [7, 11) is 1.53. The second-order valence-electron chi connectivity index (χ2n) is 5.48. The fourth-order valence-corrected chi connectivity index (χ4v) is 3.63. The summed E-state index contributed by atoms with van der Waals surface area (Å²) in [6.07, 6.45) is 8.93. The van der Waals surface area contributed by atoms with E-state index in [4.69, 9.17) is 4.74 Å². The maximum Gasteiger partial charge on any atom is 0.243 e. The van der Waals surface area contributed by atoms with Gasteiger partial charge in [-0.3, -0.25) is 4.79 Å². The third kappa shape index (κ3) is 2.00. The predicted molar refractivity (Wildman–Crippen MR) is 66.5 cm³/mol. The van der Waals surface area contributed by atoms with Gasteiger partial charge in [-0.05, 0) is 37.0 Å². The zero-order chi connectivity index (χ0) is 12.5. The monoisotopic (exact) mass is 246 g/mol. The summed E-state index contributed by atoms with van der Waals surface area (Å²) < 4.78 is 5.10. The van der Waals surface area contributed by atoms with E-state index >= 15 is 0 Å². The highest BCUT2D eigenvalue weighted by atomic mass is 16.5. The topological polar surface area (TPSA) is 52.1 Å². The van der Waals surface area contributed by atoms with E-state index in [1.807, 2.05) is 0 Å². The molecule has 96 valence electrons. The minimum Gasteiger partial charge on any atom is -0.479 e. The number of carbonyl (C=O) groups is 1. The molecule has 2 aliphatic rings. The van der Waals surface area contributed by atoms with Gasteiger partial charge < -0.3 is 4.74 Å². The Morgan fingerprint density at radius 3 is 2.83 bits per heavy atom.